The fraction of sp³-hybridized carbons (Fsp3) is 0.467. The van der Waals surface area contributed by atoms with Crippen LogP contribution in [0, 0.1) is 0 Å². The number of ether oxygens (including phenoxy) is 1. The number of hydrogen-bond acceptors (Lipinski definition) is 5. The van der Waals surface area contributed by atoms with Gasteiger partial charge in [0.05, 0.1) is 12.7 Å². The minimum absolute atomic E-state index is 0.847. The molecule has 0 amide bonds. The minimum atomic E-state index is 0.847. The predicted molar refractivity (Wildman–Crippen MR) is 83.4 cm³/mol. The number of rotatable bonds is 8. The topological polar surface area (TPSA) is 47.0 Å². The lowest BCUT2D eigenvalue weighted by Crippen LogP contribution is -2.16. The van der Waals surface area contributed by atoms with Gasteiger partial charge < -0.3 is 10.1 Å². The van der Waals surface area contributed by atoms with E-state index in [-0.39, 0.29) is 0 Å². The van der Waals surface area contributed by atoms with Crippen LogP contribution < -0.4 is 10.1 Å². The quantitative estimate of drug-likeness (QED) is 0.759. The average Bonchev–Trinajstić information content (AvgIpc) is 2.95. The third-order valence-corrected chi connectivity index (χ3v) is 3.99. The highest BCUT2D eigenvalue weighted by atomic mass is 32.1. The highest BCUT2D eigenvalue weighted by Crippen LogP contribution is 2.31. The van der Waals surface area contributed by atoms with Crippen molar-refractivity contribution in [2.75, 3.05) is 20.2 Å². The highest BCUT2D eigenvalue weighted by Gasteiger charge is 2.10. The second-order valence-corrected chi connectivity index (χ2v) is 5.62. The number of aryl methyl sites for hydroxylation is 1. The van der Waals surface area contributed by atoms with Crippen LogP contribution in [0.1, 0.15) is 24.8 Å². The molecule has 1 N–H and O–H groups in total. The third kappa shape index (κ3) is 4.02. The van der Waals surface area contributed by atoms with Gasteiger partial charge in [-0.05, 0) is 38.1 Å². The van der Waals surface area contributed by atoms with Crippen LogP contribution in [-0.4, -0.2) is 30.4 Å². The molecule has 0 aliphatic rings. The summed E-state index contributed by atoms with van der Waals surface area (Å²) in [5, 5.41) is 14.0. The number of benzene rings is 1. The van der Waals surface area contributed by atoms with Crippen LogP contribution in [0.5, 0.6) is 5.75 Å². The zero-order chi connectivity index (χ0) is 14.2. The molecule has 0 radical (unpaired) electrons. The van der Waals surface area contributed by atoms with E-state index in [1.54, 1.807) is 18.4 Å². The summed E-state index contributed by atoms with van der Waals surface area (Å²) >= 11 is 1.65. The van der Waals surface area contributed by atoms with Crippen LogP contribution in [0.3, 0.4) is 0 Å². The maximum absolute atomic E-state index is 5.36. The van der Waals surface area contributed by atoms with E-state index in [9.17, 15) is 0 Å². The van der Waals surface area contributed by atoms with Gasteiger partial charge in [-0.3, -0.25) is 0 Å². The second-order valence-electron chi connectivity index (χ2n) is 4.55. The molecule has 0 saturated carbocycles. The third-order valence-electron chi connectivity index (χ3n) is 2.98. The first kappa shape index (κ1) is 14.9. The Kier molecular flexibility index (Phi) is 5.95. The molecule has 108 valence electrons. The van der Waals surface area contributed by atoms with Crippen LogP contribution in [0.2, 0.25) is 0 Å². The van der Waals surface area contributed by atoms with Crippen LogP contribution >= 0.6 is 11.3 Å². The van der Waals surface area contributed by atoms with Gasteiger partial charge >= 0.3 is 0 Å². The number of nitrogens with zero attached hydrogens (tertiary/aromatic N) is 2. The molecule has 0 aliphatic heterocycles. The molecule has 0 spiro atoms. The molecule has 2 rings (SSSR count). The Morgan fingerprint density at radius 2 is 2.05 bits per heavy atom. The summed E-state index contributed by atoms with van der Waals surface area (Å²) in [6.45, 7) is 4.30. The monoisotopic (exact) mass is 291 g/mol. The van der Waals surface area contributed by atoms with E-state index in [2.05, 4.69) is 22.4 Å². The van der Waals surface area contributed by atoms with E-state index in [0.29, 0.717) is 0 Å². The highest BCUT2D eigenvalue weighted by molar-refractivity contribution is 7.14. The summed E-state index contributed by atoms with van der Waals surface area (Å²) in [4.78, 5) is 0. The van der Waals surface area contributed by atoms with Gasteiger partial charge in [0.1, 0.15) is 10.8 Å². The summed E-state index contributed by atoms with van der Waals surface area (Å²) in [6, 6.07) is 7.92. The summed E-state index contributed by atoms with van der Waals surface area (Å²) in [6.07, 6.45) is 3.25. The first-order valence-electron chi connectivity index (χ1n) is 7.01. The first-order valence-corrected chi connectivity index (χ1v) is 7.83. The number of nitrogens with one attached hydrogen (secondary N) is 1. The van der Waals surface area contributed by atoms with Gasteiger partial charge in [0, 0.05) is 6.42 Å². The molecule has 1 heterocycles. The van der Waals surface area contributed by atoms with Gasteiger partial charge in [-0.15, -0.1) is 10.2 Å². The van der Waals surface area contributed by atoms with Crippen molar-refractivity contribution >= 4 is 11.3 Å². The molecule has 1 aromatic carbocycles. The lowest BCUT2D eigenvalue weighted by atomic mass is 10.2. The Morgan fingerprint density at radius 1 is 1.20 bits per heavy atom. The van der Waals surface area contributed by atoms with Gasteiger partial charge in [-0.2, -0.15) is 0 Å². The number of methoxy groups -OCH3 is 1. The van der Waals surface area contributed by atoms with Gasteiger partial charge in [0.15, 0.2) is 5.01 Å². The SMILES string of the molecule is CCCNCCCc1nnc(-c2ccccc2OC)s1. The van der Waals surface area contributed by atoms with Crippen molar-refractivity contribution in [1.82, 2.24) is 15.5 Å². The van der Waals surface area contributed by atoms with Crippen LogP contribution in [0.15, 0.2) is 24.3 Å². The normalized spacial score (nSPS) is 10.7. The summed E-state index contributed by atoms with van der Waals surface area (Å²) in [5.74, 6) is 0.847. The van der Waals surface area contributed by atoms with E-state index >= 15 is 0 Å². The zero-order valence-corrected chi connectivity index (χ0v) is 12.9. The zero-order valence-electron chi connectivity index (χ0n) is 12.1. The van der Waals surface area contributed by atoms with E-state index in [1.807, 2.05) is 24.3 Å². The smallest absolute Gasteiger partial charge is 0.151 e. The lowest BCUT2D eigenvalue weighted by molar-refractivity contribution is 0.416. The molecule has 0 aliphatic carbocycles. The van der Waals surface area contributed by atoms with Crippen molar-refractivity contribution in [1.29, 1.82) is 0 Å². The van der Waals surface area contributed by atoms with Crippen molar-refractivity contribution in [3.63, 3.8) is 0 Å². The number of para-hydroxylation sites is 1. The summed E-state index contributed by atoms with van der Waals surface area (Å²) < 4.78 is 5.36. The van der Waals surface area contributed by atoms with E-state index in [4.69, 9.17) is 4.74 Å². The van der Waals surface area contributed by atoms with E-state index in [1.165, 1.54) is 6.42 Å². The van der Waals surface area contributed by atoms with Crippen molar-refractivity contribution in [3.8, 4) is 16.3 Å². The van der Waals surface area contributed by atoms with Gasteiger partial charge in [-0.25, -0.2) is 0 Å². The van der Waals surface area contributed by atoms with Crippen molar-refractivity contribution in [2.45, 2.75) is 26.2 Å². The Hall–Kier alpha value is -1.46. The van der Waals surface area contributed by atoms with Crippen molar-refractivity contribution < 1.29 is 4.74 Å². The molecule has 0 unspecified atom stereocenters. The molecular formula is C15H21N3OS. The number of aromatic nitrogens is 2. The first-order chi connectivity index (χ1) is 9.85. The van der Waals surface area contributed by atoms with Crippen LogP contribution in [0.4, 0.5) is 0 Å². The Balaban J connectivity index is 1.95. The second kappa shape index (κ2) is 7.97. The molecule has 1 aromatic heterocycles. The van der Waals surface area contributed by atoms with Crippen LogP contribution in [0.25, 0.3) is 10.6 Å². The largest absolute Gasteiger partial charge is 0.496 e. The molecule has 5 heteroatoms. The molecule has 4 nitrogen and oxygen atoms in total. The summed E-state index contributed by atoms with van der Waals surface area (Å²) in [7, 11) is 1.68. The molecule has 20 heavy (non-hydrogen) atoms. The Labute approximate surface area is 124 Å². The summed E-state index contributed by atoms with van der Waals surface area (Å²) in [5.41, 5.74) is 1.02. The van der Waals surface area contributed by atoms with Crippen molar-refractivity contribution in [2.24, 2.45) is 0 Å². The molecule has 0 atom stereocenters. The van der Waals surface area contributed by atoms with Gasteiger partial charge in [0.2, 0.25) is 0 Å². The molecule has 2 aromatic rings. The molecular weight excluding hydrogens is 270 g/mol. The lowest BCUT2D eigenvalue weighted by Gasteiger charge is -2.03. The van der Waals surface area contributed by atoms with Gasteiger partial charge in [0.25, 0.3) is 0 Å². The van der Waals surface area contributed by atoms with E-state index in [0.717, 1.165) is 47.3 Å². The molecule has 0 saturated heterocycles. The molecule has 0 bridgehead atoms. The average molecular weight is 291 g/mol. The van der Waals surface area contributed by atoms with Crippen molar-refractivity contribution in [3.05, 3.63) is 29.3 Å². The fourth-order valence-electron chi connectivity index (χ4n) is 1.95. The standard InChI is InChI=1S/C15H21N3OS/c1-3-10-16-11-6-9-14-17-18-15(20-14)12-7-4-5-8-13(12)19-2/h4-5,7-8,16H,3,6,9-11H2,1-2H3. The van der Waals surface area contributed by atoms with E-state index < -0.39 is 0 Å². The molecule has 0 fully saturated rings. The predicted octanol–water partition coefficient (Wildman–Crippen LogP) is 3.15. The fourth-order valence-corrected chi connectivity index (χ4v) is 2.86. The maximum Gasteiger partial charge on any atom is 0.151 e. The number of hydrogen-bond donors (Lipinski definition) is 1. The van der Waals surface area contributed by atoms with Gasteiger partial charge in [-0.1, -0.05) is 30.4 Å². The van der Waals surface area contributed by atoms with Crippen LogP contribution in [-0.2, 0) is 6.42 Å². The maximum atomic E-state index is 5.36. The minimum Gasteiger partial charge on any atom is -0.496 e. The Morgan fingerprint density at radius 3 is 2.85 bits per heavy atom. The Bertz CT molecular complexity index is 527.